The molecule has 3 aliphatic rings. The summed E-state index contributed by atoms with van der Waals surface area (Å²) in [6, 6.07) is 0.405. The number of hydrogen-bond acceptors (Lipinski definition) is 3. The summed E-state index contributed by atoms with van der Waals surface area (Å²) in [5.41, 5.74) is -0.544. The lowest BCUT2D eigenvalue weighted by atomic mass is 9.73. The topological polar surface area (TPSA) is 49.8 Å². The minimum atomic E-state index is -0.658. The second-order valence-electron chi connectivity index (χ2n) is 6.41. The minimum absolute atomic E-state index is 0.102. The summed E-state index contributed by atoms with van der Waals surface area (Å²) in [5, 5.41) is 9.50. The van der Waals surface area contributed by atoms with Crippen LogP contribution in [-0.2, 0) is 9.53 Å². The van der Waals surface area contributed by atoms with Crippen molar-refractivity contribution in [3.05, 3.63) is 0 Å². The van der Waals surface area contributed by atoms with Crippen molar-refractivity contribution in [2.75, 3.05) is 13.2 Å². The number of carbonyl (C=O) groups is 1. The maximum absolute atomic E-state index is 11.5. The maximum atomic E-state index is 11.5. The van der Waals surface area contributed by atoms with Crippen LogP contribution in [0, 0.1) is 0 Å². The zero-order valence-corrected chi connectivity index (χ0v) is 11.2. The summed E-state index contributed by atoms with van der Waals surface area (Å²) in [7, 11) is 0. The average Bonchev–Trinajstić information content (AvgIpc) is 2.71. The molecule has 102 valence electrons. The van der Waals surface area contributed by atoms with Gasteiger partial charge in [-0.15, -0.1) is 0 Å². The van der Waals surface area contributed by atoms with Gasteiger partial charge < -0.3 is 9.84 Å². The Morgan fingerprint density at radius 2 is 2.11 bits per heavy atom. The molecule has 3 fully saturated rings. The third kappa shape index (κ3) is 1.77. The molecule has 4 heteroatoms. The Morgan fingerprint density at radius 1 is 1.33 bits per heavy atom. The van der Waals surface area contributed by atoms with Crippen molar-refractivity contribution in [1.82, 2.24) is 4.90 Å². The molecule has 0 aromatic heterocycles. The minimum Gasteiger partial charge on any atom is -0.480 e. The van der Waals surface area contributed by atoms with Crippen molar-refractivity contribution in [1.29, 1.82) is 0 Å². The largest absolute Gasteiger partial charge is 0.480 e. The molecule has 2 heterocycles. The van der Waals surface area contributed by atoms with Gasteiger partial charge in [0.1, 0.15) is 5.54 Å². The monoisotopic (exact) mass is 253 g/mol. The first-order valence-electron chi connectivity index (χ1n) is 7.20. The van der Waals surface area contributed by atoms with Crippen LogP contribution in [0.1, 0.15) is 51.9 Å². The molecule has 2 aliphatic heterocycles. The Hall–Kier alpha value is -0.610. The maximum Gasteiger partial charge on any atom is 0.323 e. The molecule has 4 nitrogen and oxygen atoms in total. The predicted octanol–water partition coefficient (Wildman–Crippen LogP) is 2.03. The Kier molecular flexibility index (Phi) is 2.90. The summed E-state index contributed by atoms with van der Waals surface area (Å²) in [4.78, 5) is 13.8. The quantitative estimate of drug-likeness (QED) is 0.818. The number of carboxylic acids is 1. The molecule has 1 N–H and O–H groups in total. The zero-order chi connectivity index (χ0) is 12.8. The zero-order valence-electron chi connectivity index (χ0n) is 11.2. The van der Waals surface area contributed by atoms with Crippen LogP contribution in [0.5, 0.6) is 0 Å². The second-order valence-corrected chi connectivity index (χ2v) is 6.41. The third-order valence-corrected chi connectivity index (χ3v) is 5.33. The van der Waals surface area contributed by atoms with Crippen LogP contribution < -0.4 is 0 Å². The molecule has 0 bridgehead atoms. The summed E-state index contributed by atoms with van der Waals surface area (Å²) < 4.78 is 5.95. The van der Waals surface area contributed by atoms with Crippen LogP contribution in [0.2, 0.25) is 0 Å². The fraction of sp³-hybridized carbons (Fsp3) is 0.929. The molecule has 1 spiro atoms. The first kappa shape index (κ1) is 12.4. The van der Waals surface area contributed by atoms with E-state index in [0.717, 1.165) is 38.8 Å². The van der Waals surface area contributed by atoms with Gasteiger partial charge in [0.05, 0.1) is 5.60 Å². The molecule has 3 rings (SSSR count). The van der Waals surface area contributed by atoms with Gasteiger partial charge in [-0.05, 0) is 58.4 Å². The Morgan fingerprint density at radius 3 is 2.72 bits per heavy atom. The lowest BCUT2D eigenvalue weighted by Gasteiger charge is -2.51. The smallest absolute Gasteiger partial charge is 0.323 e. The Balaban J connectivity index is 1.75. The number of ether oxygens (including phenoxy) is 1. The lowest BCUT2D eigenvalue weighted by Crippen LogP contribution is -2.58. The lowest BCUT2D eigenvalue weighted by molar-refractivity contribution is -0.166. The number of likely N-dealkylation sites (tertiary alicyclic amines) is 1. The molecular weight excluding hydrogens is 230 g/mol. The predicted molar refractivity (Wildman–Crippen MR) is 67.5 cm³/mol. The van der Waals surface area contributed by atoms with Crippen molar-refractivity contribution in [3.63, 3.8) is 0 Å². The van der Waals surface area contributed by atoms with Crippen LogP contribution in [0.4, 0.5) is 0 Å². The highest BCUT2D eigenvalue weighted by Gasteiger charge is 2.50. The van der Waals surface area contributed by atoms with Crippen LogP contribution in [0.15, 0.2) is 0 Å². The first-order valence-corrected chi connectivity index (χ1v) is 7.20. The Bertz CT molecular complexity index is 353. The van der Waals surface area contributed by atoms with Gasteiger partial charge in [0, 0.05) is 12.6 Å². The van der Waals surface area contributed by atoms with Gasteiger partial charge in [0.15, 0.2) is 0 Å². The molecular formula is C14H23NO3. The van der Waals surface area contributed by atoms with E-state index in [9.17, 15) is 9.90 Å². The number of nitrogens with zero attached hydrogens (tertiary/aromatic N) is 1. The molecule has 0 radical (unpaired) electrons. The highest BCUT2D eigenvalue weighted by Crippen LogP contribution is 2.45. The van der Waals surface area contributed by atoms with Gasteiger partial charge in [-0.2, -0.15) is 0 Å². The van der Waals surface area contributed by atoms with Crippen LogP contribution in [0.25, 0.3) is 0 Å². The highest BCUT2D eigenvalue weighted by atomic mass is 16.5. The normalized spacial score (nSPS) is 39.7. The summed E-state index contributed by atoms with van der Waals surface area (Å²) in [5.74, 6) is -0.658. The molecule has 0 aromatic rings. The van der Waals surface area contributed by atoms with Gasteiger partial charge in [-0.1, -0.05) is 0 Å². The molecule has 2 saturated heterocycles. The van der Waals surface area contributed by atoms with E-state index in [1.807, 2.05) is 6.92 Å². The van der Waals surface area contributed by atoms with Crippen molar-refractivity contribution >= 4 is 5.97 Å². The van der Waals surface area contributed by atoms with Gasteiger partial charge in [-0.25, -0.2) is 0 Å². The van der Waals surface area contributed by atoms with Gasteiger partial charge in [0.2, 0.25) is 0 Å². The molecule has 2 unspecified atom stereocenters. The van der Waals surface area contributed by atoms with E-state index in [1.165, 1.54) is 19.3 Å². The van der Waals surface area contributed by atoms with E-state index < -0.39 is 11.5 Å². The van der Waals surface area contributed by atoms with E-state index in [1.54, 1.807) is 0 Å². The van der Waals surface area contributed by atoms with E-state index in [4.69, 9.17) is 4.74 Å². The van der Waals surface area contributed by atoms with Gasteiger partial charge in [-0.3, -0.25) is 9.69 Å². The fourth-order valence-corrected chi connectivity index (χ4v) is 3.99. The highest BCUT2D eigenvalue weighted by molar-refractivity contribution is 5.78. The third-order valence-electron chi connectivity index (χ3n) is 5.33. The van der Waals surface area contributed by atoms with E-state index in [2.05, 4.69) is 4.90 Å². The van der Waals surface area contributed by atoms with Crippen LogP contribution in [-0.4, -0.2) is 46.3 Å². The molecule has 2 atom stereocenters. The van der Waals surface area contributed by atoms with Crippen molar-refractivity contribution in [3.8, 4) is 0 Å². The van der Waals surface area contributed by atoms with Crippen molar-refractivity contribution in [2.24, 2.45) is 0 Å². The van der Waals surface area contributed by atoms with Crippen molar-refractivity contribution < 1.29 is 14.6 Å². The van der Waals surface area contributed by atoms with Crippen LogP contribution >= 0.6 is 0 Å². The molecule has 1 aliphatic carbocycles. The standard InChI is InChI=1S/C14H23NO3/c1-13(12(16)17)5-3-8-15(13)11-4-9-18-14(10-11)6-2-7-14/h11H,2-10H2,1H3,(H,16,17). The number of aliphatic carboxylic acids is 1. The van der Waals surface area contributed by atoms with Crippen LogP contribution in [0.3, 0.4) is 0 Å². The number of carboxylic acid groups (broad SMARTS) is 1. The first-order chi connectivity index (χ1) is 8.56. The van der Waals surface area contributed by atoms with E-state index in [0.29, 0.717) is 6.04 Å². The molecule has 0 aromatic carbocycles. The van der Waals surface area contributed by atoms with E-state index >= 15 is 0 Å². The van der Waals surface area contributed by atoms with Crippen molar-refractivity contribution in [2.45, 2.75) is 69.1 Å². The Labute approximate surface area is 108 Å². The van der Waals surface area contributed by atoms with Gasteiger partial charge in [0.25, 0.3) is 0 Å². The molecule has 1 saturated carbocycles. The fourth-order valence-electron chi connectivity index (χ4n) is 3.99. The number of rotatable bonds is 2. The van der Waals surface area contributed by atoms with E-state index in [-0.39, 0.29) is 5.60 Å². The summed E-state index contributed by atoms with van der Waals surface area (Å²) >= 11 is 0. The average molecular weight is 253 g/mol. The summed E-state index contributed by atoms with van der Waals surface area (Å²) in [6.07, 6.45) is 7.42. The number of hydrogen-bond donors (Lipinski definition) is 1. The molecule has 18 heavy (non-hydrogen) atoms. The van der Waals surface area contributed by atoms with Gasteiger partial charge >= 0.3 is 5.97 Å². The second kappa shape index (κ2) is 4.20. The molecule has 0 amide bonds. The SMILES string of the molecule is CC1(C(=O)O)CCCN1C1CCOC2(CCC2)C1. The summed E-state index contributed by atoms with van der Waals surface area (Å²) in [6.45, 7) is 3.63.